The van der Waals surface area contributed by atoms with Crippen molar-refractivity contribution in [2.75, 3.05) is 7.05 Å². The smallest absolute Gasteiger partial charge is 0.419 e. The summed E-state index contributed by atoms with van der Waals surface area (Å²) in [5.74, 6) is -1.46. The number of amides is 1. The van der Waals surface area contributed by atoms with E-state index >= 15 is 0 Å². The average Bonchev–Trinajstić information content (AvgIpc) is 2.43. The highest BCUT2D eigenvalue weighted by Crippen LogP contribution is 2.35. The van der Waals surface area contributed by atoms with Crippen LogP contribution in [0.25, 0.3) is 0 Å². The van der Waals surface area contributed by atoms with Crippen molar-refractivity contribution >= 4 is 12.4 Å². The van der Waals surface area contributed by atoms with Crippen molar-refractivity contribution in [2.24, 2.45) is 0 Å². The molecule has 0 heterocycles. The molecular formula is C16H19F4NO3. The van der Waals surface area contributed by atoms with Crippen molar-refractivity contribution in [2.45, 2.75) is 45.0 Å². The zero-order chi connectivity index (χ0) is 18.9. The van der Waals surface area contributed by atoms with Crippen LogP contribution >= 0.6 is 0 Å². The summed E-state index contributed by atoms with van der Waals surface area (Å²) in [4.78, 5) is 24.6. The molecule has 8 heteroatoms. The summed E-state index contributed by atoms with van der Waals surface area (Å²) in [6, 6.07) is 2.16. The third-order valence-corrected chi connectivity index (χ3v) is 3.45. The van der Waals surface area contributed by atoms with Crippen LogP contribution in [0.1, 0.15) is 38.8 Å². The minimum atomic E-state index is -4.92. The minimum Gasteiger partial charge on any atom is -0.444 e. The Hall–Kier alpha value is -2.12. The number of aldehydes is 1. The monoisotopic (exact) mass is 349 g/mol. The van der Waals surface area contributed by atoms with Gasteiger partial charge in [0.2, 0.25) is 0 Å². The van der Waals surface area contributed by atoms with Crippen LogP contribution in [0.2, 0.25) is 0 Å². The molecule has 0 radical (unpaired) electrons. The quantitative estimate of drug-likeness (QED) is 0.609. The van der Waals surface area contributed by atoms with E-state index in [4.69, 9.17) is 4.74 Å². The van der Waals surface area contributed by atoms with E-state index in [-0.39, 0.29) is 5.56 Å². The van der Waals surface area contributed by atoms with Gasteiger partial charge in [0.05, 0.1) is 5.56 Å². The van der Waals surface area contributed by atoms with Gasteiger partial charge in [-0.25, -0.2) is 9.18 Å². The molecule has 0 saturated carbocycles. The van der Waals surface area contributed by atoms with Gasteiger partial charge in [0, 0.05) is 7.05 Å². The standard InChI is InChI=1S/C16H19F4NO3/c1-14(2,3)24-13(23)21(5)15(4,9-22)10-6-7-12(17)11(8-10)16(18,19)20/h6-9H,1-5H3. The Labute approximate surface area is 137 Å². The second-order valence-corrected chi connectivity index (χ2v) is 6.50. The molecule has 1 amide bonds. The molecule has 0 bridgehead atoms. The van der Waals surface area contributed by atoms with Crippen LogP contribution in [0.3, 0.4) is 0 Å². The van der Waals surface area contributed by atoms with E-state index in [1.807, 2.05) is 0 Å². The van der Waals surface area contributed by atoms with Gasteiger partial charge in [-0.1, -0.05) is 6.07 Å². The van der Waals surface area contributed by atoms with E-state index < -0.39 is 34.8 Å². The first-order valence-electron chi connectivity index (χ1n) is 7.03. The van der Waals surface area contributed by atoms with Crippen molar-refractivity contribution in [3.05, 3.63) is 35.1 Å². The van der Waals surface area contributed by atoms with Gasteiger partial charge in [-0.05, 0) is 45.4 Å². The summed E-state index contributed by atoms with van der Waals surface area (Å²) in [5.41, 5.74) is -4.30. The number of likely N-dealkylation sites (N-methyl/N-ethyl adjacent to an activating group) is 1. The number of alkyl halides is 3. The Morgan fingerprint density at radius 3 is 2.12 bits per heavy atom. The lowest BCUT2D eigenvalue weighted by atomic mass is 9.90. The Kier molecular flexibility index (Phi) is 5.32. The fraction of sp³-hybridized carbons (Fsp3) is 0.500. The molecule has 4 nitrogen and oxygen atoms in total. The van der Waals surface area contributed by atoms with E-state index in [0.29, 0.717) is 18.4 Å². The minimum absolute atomic E-state index is 0.181. The van der Waals surface area contributed by atoms with Crippen LogP contribution in [-0.2, 0) is 21.2 Å². The number of hydrogen-bond donors (Lipinski definition) is 0. The second kappa shape index (κ2) is 6.41. The first kappa shape index (κ1) is 19.9. The molecule has 1 aromatic carbocycles. The zero-order valence-corrected chi connectivity index (χ0v) is 14.0. The van der Waals surface area contributed by atoms with E-state index in [1.165, 1.54) is 14.0 Å². The number of benzene rings is 1. The molecule has 0 fully saturated rings. The lowest BCUT2D eigenvalue weighted by Gasteiger charge is -2.36. The Bertz CT molecular complexity index is 637. The maximum absolute atomic E-state index is 13.4. The summed E-state index contributed by atoms with van der Waals surface area (Å²) in [6.07, 6.45) is -5.51. The lowest BCUT2D eigenvalue weighted by molar-refractivity contribution is -0.140. The zero-order valence-electron chi connectivity index (χ0n) is 14.0. The van der Waals surface area contributed by atoms with Gasteiger partial charge in [-0.15, -0.1) is 0 Å². The maximum atomic E-state index is 13.4. The number of carbonyl (C=O) groups is 2. The third-order valence-electron chi connectivity index (χ3n) is 3.45. The predicted octanol–water partition coefficient (Wildman–Crippen LogP) is 4.13. The molecule has 0 aliphatic heterocycles. The fourth-order valence-corrected chi connectivity index (χ4v) is 1.92. The maximum Gasteiger partial charge on any atom is 0.419 e. The number of carbonyl (C=O) groups excluding carboxylic acids is 2. The summed E-state index contributed by atoms with van der Waals surface area (Å²) in [6.45, 7) is 6.07. The molecule has 0 aliphatic rings. The Morgan fingerprint density at radius 1 is 1.17 bits per heavy atom. The molecule has 1 aromatic rings. The van der Waals surface area contributed by atoms with Crippen molar-refractivity contribution in [3.8, 4) is 0 Å². The molecule has 134 valence electrons. The van der Waals surface area contributed by atoms with Gasteiger partial charge in [0.15, 0.2) is 0 Å². The third kappa shape index (κ3) is 4.24. The molecule has 0 aliphatic carbocycles. The first-order valence-corrected chi connectivity index (χ1v) is 7.03. The van der Waals surface area contributed by atoms with Crippen LogP contribution in [0.15, 0.2) is 18.2 Å². The number of hydrogen-bond acceptors (Lipinski definition) is 3. The molecular weight excluding hydrogens is 330 g/mol. The Morgan fingerprint density at radius 2 is 1.71 bits per heavy atom. The summed E-state index contributed by atoms with van der Waals surface area (Å²) in [5, 5.41) is 0. The second-order valence-electron chi connectivity index (χ2n) is 6.50. The summed E-state index contributed by atoms with van der Waals surface area (Å²) < 4.78 is 57.2. The molecule has 0 aromatic heterocycles. The van der Waals surface area contributed by atoms with E-state index in [1.54, 1.807) is 20.8 Å². The SMILES string of the molecule is CN(C(=O)OC(C)(C)C)C(C)(C=O)c1ccc(F)c(C(F)(F)F)c1. The normalized spacial score (nSPS) is 14.7. The van der Waals surface area contributed by atoms with Crippen molar-refractivity contribution in [3.63, 3.8) is 0 Å². The molecule has 1 rings (SSSR count). The summed E-state index contributed by atoms with van der Waals surface area (Å²) in [7, 11) is 1.22. The molecule has 0 spiro atoms. The van der Waals surface area contributed by atoms with Gasteiger partial charge in [0.1, 0.15) is 23.2 Å². The van der Waals surface area contributed by atoms with Crippen molar-refractivity contribution < 1.29 is 31.9 Å². The summed E-state index contributed by atoms with van der Waals surface area (Å²) >= 11 is 0. The highest BCUT2D eigenvalue weighted by molar-refractivity contribution is 5.78. The van der Waals surface area contributed by atoms with Crippen LogP contribution < -0.4 is 0 Å². The van der Waals surface area contributed by atoms with Crippen LogP contribution in [0.5, 0.6) is 0 Å². The van der Waals surface area contributed by atoms with Crippen LogP contribution in [0, 0.1) is 5.82 Å². The number of rotatable bonds is 3. The van der Waals surface area contributed by atoms with Crippen LogP contribution in [0.4, 0.5) is 22.4 Å². The van der Waals surface area contributed by atoms with Gasteiger partial charge in [-0.2, -0.15) is 13.2 Å². The van der Waals surface area contributed by atoms with Crippen molar-refractivity contribution in [1.29, 1.82) is 0 Å². The molecule has 0 saturated heterocycles. The van der Waals surface area contributed by atoms with Gasteiger partial charge < -0.3 is 9.53 Å². The largest absolute Gasteiger partial charge is 0.444 e. The van der Waals surface area contributed by atoms with Gasteiger partial charge in [0.25, 0.3) is 0 Å². The van der Waals surface area contributed by atoms with E-state index in [2.05, 4.69) is 0 Å². The number of nitrogens with zero attached hydrogens (tertiary/aromatic N) is 1. The molecule has 1 unspecified atom stereocenters. The number of ether oxygens (including phenoxy) is 1. The molecule has 1 atom stereocenters. The first-order chi connectivity index (χ1) is 10.7. The van der Waals surface area contributed by atoms with Crippen LogP contribution in [-0.4, -0.2) is 29.9 Å². The van der Waals surface area contributed by atoms with Gasteiger partial charge >= 0.3 is 12.3 Å². The topological polar surface area (TPSA) is 46.6 Å². The fourth-order valence-electron chi connectivity index (χ4n) is 1.92. The highest BCUT2D eigenvalue weighted by atomic mass is 19.4. The van der Waals surface area contributed by atoms with E-state index in [0.717, 1.165) is 11.0 Å². The van der Waals surface area contributed by atoms with Crippen molar-refractivity contribution in [1.82, 2.24) is 4.90 Å². The average molecular weight is 349 g/mol. The molecule has 0 N–H and O–H groups in total. The number of halogens is 4. The Balaban J connectivity index is 3.34. The molecule has 24 heavy (non-hydrogen) atoms. The van der Waals surface area contributed by atoms with E-state index in [9.17, 15) is 27.2 Å². The van der Waals surface area contributed by atoms with Gasteiger partial charge in [-0.3, -0.25) is 4.90 Å². The predicted molar refractivity (Wildman–Crippen MR) is 78.8 cm³/mol. The lowest BCUT2D eigenvalue weighted by Crippen LogP contribution is -2.48. The highest BCUT2D eigenvalue weighted by Gasteiger charge is 2.40.